The summed E-state index contributed by atoms with van der Waals surface area (Å²) in [5.41, 5.74) is -0.0123. The van der Waals surface area contributed by atoms with Crippen molar-refractivity contribution in [2.75, 3.05) is 40.3 Å². The van der Waals surface area contributed by atoms with Crippen LogP contribution in [0.4, 0.5) is 18.0 Å². The fourth-order valence-corrected chi connectivity index (χ4v) is 2.92. The Hall–Kier alpha value is -1.84. The summed E-state index contributed by atoms with van der Waals surface area (Å²) in [6.45, 7) is 12.6. The Morgan fingerprint density at radius 2 is 1.90 bits per heavy atom. The van der Waals surface area contributed by atoms with Crippen molar-refractivity contribution in [3.8, 4) is 0 Å². The van der Waals surface area contributed by atoms with E-state index in [1.807, 2.05) is 0 Å². The minimum Gasteiger partial charge on any atom is -0.444 e. The third-order valence-electron chi connectivity index (χ3n) is 4.39. The molecule has 0 saturated carbocycles. The van der Waals surface area contributed by atoms with E-state index in [9.17, 15) is 18.0 Å². The van der Waals surface area contributed by atoms with Gasteiger partial charge in [0.1, 0.15) is 19.1 Å². The van der Waals surface area contributed by atoms with Crippen LogP contribution in [-0.2, 0) is 14.2 Å². The van der Waals surface area contributed by atoms with Crippen molar-refractivity contribution in [3.63, 3.8) is 0 Å². The molecule has 1 saturated heterocycles. The number of amides is 1. The number of allylic oxidation sites excluding steroid dienone is 2. The molecule has 1 heterocycles. The average molecular weight is 434 g/mol. The van der Waals surface area contributed by atoms with Crippen LogP contribution in [0.5, 0.6) is 0 Å². The van der Waals surface area contributed by atoms with Crippen LogP contribution in [0.1, 0.15) is 27.2 Å². The molecule has 0 spiro atoms. The predicted octanol–water partition coefficient (Wildman–Crippen LogP) is 4.35. The molecule has 1 aliphatic rings. The maximum atomic E-state index is 13.4. The number of hydrogen-bond donors (Lipinski definition) is 0. The number of hydrogen-bond acceptors (Lipinski definition) is 5. The molecule has 172 valence electrons. The first-order valence-electron chi connectivity index (χ1n) is 9.70. The Balaban J connectivity index is 2.61. The van der Waals surface area contributed by atoms with E-state index in [1.165, 1.54) is 16.8 Å². The lowest BCUT2D eigenvalue weighted by molar-refractivity contribution is -0.199. The molecule has 1 rings (SSSR count). The largest absolute Gasteiger partial charge is 0.444 e. The third-order valence-corrected chi connectivity index (χ3v) is 4.39. The van der Waals surface area contributed by atoms with Gasteiger partial charge < -0.3 is 19.1 Å². The van der Waals surface area contributed by atoms with E-state index in [0.29, 0.717) is 5.57 Å². The topological polar surface area (TPSA) is 51.2 Å². The molecule has 1 amide bonds. The highest BCUT2D eigenvalue weighted by Crippen LogP contribution is 2.34. The SMILES string of the molecule is C=C/C=C\C(=C)COCOCN1CC(C(F)(F)F)C[C@@H](N(C)C(=O)OC(C)(C)C)C1. The number of likely N-dealkylation sites (tertiary alicyclic amines) is 1. The lowest BCUT2D eigenvalue weighted by Crippen LogP contribution is -2.55. The molecule has 1 fully saturated rings. The molecule has 0 bridgehead atoms. The van der Waals surface area contributed by atoms with E-state index in [-0.39, 0.29) is 39.6 Å². The first kappa shape index (κ1) is 26.2. The molecule has 6 nitrogen and oxygen atoms in total. The lowest BCUT2D eigenvalue weighted by atomic mass is 9.93. The van der Waals surface area contributed by atoms with Gasteiger partial charge in [0.15, 0.2) is 0 Å². The van der Waals surface area contributed by atoms with Gasteiger partial charge in [-0.3, -0.25) is 4.90 Å². The number of carbonyl (C=O) groups excluding carboxylic acids is 1. The summed E-state index contributed by atoms with van der Waals surface area (Å²) in [5, 5.41) is 0. The fraction of sp³-hybridized carbons (Fsp3) is 0.667. The first-order valence-corrected chi connectivity index (χ1v) is 9.70. The minimum atomic E-state index is -4.36. The van der Waals surface area contributed by atoms with Crippen molar-refractivity contribution in [2.24, 2.45) is 5.92 Å². The number of alkyl halides is 3. The number of ether oxygens (including phenoxy) is 3. The van der Waals surface area contributed by atoms with Crippen LogP contribution in [0.2, 0.25) is 0 Å². The van der Waals surface area contributed by atoms with Crippen LogP contribution in [-0.4, -0.2) is 74.0 Å². The lowest BCUT2D eigenvalue weighted by Gasteiger charge is -2.41. The van der Waals surface area contributed by atoms with Gasteiger partial charge in [-0.15, -0.1) is 0 Å². The number of rotatable bonds is 9. The molecule has 0 N–H and O–H groups in total. The van der Waals surface area contributed by atoms with Crippen molar-refractivity contribution in [1.82, 2.24) is 9.80 Å². The zero-order chi connectivity index (χ0) is 22.9. The van der Waals surface area contributed by atoms with Gasteiger partial charge in [0, 0.05) is 26.2 Å². The van der Waals surface area contributed by atoms with Gasteiger partial charge in [0.05, 0.1) is 12.5 Å². The molecule has 0 aromatic carbocycles. The fourth-order valence-electron chi connectivity index (χ4n) is 2.92. The zero-order valence-electron chi connectivity index (χ0n) is 18.2. The highest BCUT2D eigenvalue weighted by molar-refractivity contribution is 5.68. The van der Waals surface area contributed by atoms with Crippen LogP contribution in [0.3, 0.4) is 0 Å². The Morgan fingerprint density at radius 3 is 2.47 bits per heavy atom. The normalized spacial score (nSPS) is 20.9. The van der Waals surface area contributed by atoms with Gasteiger partial charge in [-0.1, -0.05) is 31.4 Å². The second-order valence-electron chi connectivity index (χ2n) is 8.31. The second-order valence-corrected chi connectivity index (χ2v) is 8.31. The molecule has 1 aliphatic heterocycles. The summed E-state index contributed by atoms with van der Waals surface area (Å²) in [7, 11) is 1.46. The smallest absolute Gasteiger partial charge is 0.410 e. The van der Waals surface area contributed by atoms with E-state index < -0.39 is 29.8 Å². The van der Waals surface area contributed by atoms with Crippen LogP contribution in [0.15, 0.2) is 37.0 Å². The molecule has 0 radical (unpaired) electrons. The van der Waals surface area contributed by atoms with Crippen molar-refractivity contribution < 1.29 is 32.2 Å². The van der Waals surface area contributed by atoms with Crippen LogP contribution < -0.4 is 0 Å². The molecule has 0 aromatic rings. The van der Waals surface area contributed by atoms with Crippen LogP contribution >= 0.6 is 0 Å². The summed E-state index contributed by atoms with van der Waals surface area (Å²) in [5.74, 6) is -1.56. The summed E-state index contributed by atoms with van der Waals surface area (Å²) in [6.07, 6.45) is -0.119. The van der Waals surface area contributed by atoms with Crippen molar-refractivity contribution >= 4 is 6.09 Å². The molecule has 0 aliphatic carbocycles. The monoisotopic (exact) mass is 434 g/mol. The molecule has 0 aromatic heterocycles. The number of nitrogens with zero attached hydrogens (tertiary/aromatic N) is 2. The summed E-state index contributed by atoms with van der Waals surface area (Å²) >= 11 is 0. The van der Waals surface area contributed by atoms with Gasteiger partial charge in [-0.2, -0.15) is 13.2 Å². The standard InChI is InChI=1S/C21H33F3N2O4/c1-7-8-9-16(2)13-28-15-29-14-26-11-17(21(22,23)24)10-18(12-26)25(6)19(27)30-20(3,4)5/h7-9,17-18H,1-2,10-15H2,3-6H3/b9-8-/t17?,18-/m1/s1. The Kier molecular flexibility index (Phi) is 10.1. The molecule has 9 heteroatoms. The molecular formula is C21H33F3N2O4. The summed E-state index contributed by atoms with van der Waals surface area (Å²) in [6, 6.07) is -0.645. The van der Waals surface area contributed by atoms with Gasteiger partial charge >= 0.3 is 12.3 Å². The Labute approximate surface area is 176 Å². The van der Waals surface area contributed by atoms with Gasteiger partial charge in [-0.25, -0.2) is 4.79 Å². The molecule has 1 unspecified atom stereocenters. The zero-order valence-corrected chi connectivity index (χ0v) is 18.2. The number of halogens is 3. The maximum Gasteiger partial charge on any atom is 0.410 e. The van der Waals surface area contributed by atoms with E-state index >= 15 is 0 Å². The predicted molar refractivity (Wildman–Crippen MR) is 109 cm³/mol. The third kappa shape index (κ3) is 9.77. The maximum absolute atomic E-state index is 13.4. The molecule has 30 heavy (non-hydrogen) atoms. The highest BCUT2D eigenvalue weighted by Gasteiger charge is 2.46. The van der Waals surface area contributed by atoms with E-state index in [4.69, 9.17) is 14.2 Å². The average Bonchev–Trinajstić information content (AvgIpc) is 2.63. The number of likely N-dealkylation sites (N-methyl/N-ethyl adjacent to an activating group) is 1. The number of carbonyl (C=O) groups is 1. The van der Waals surface area contributed by atoms with Gasteiger partial charge in [-0.05, 0) is 32.8 Å². The molecule has 2 atom stereocenters. The van der Waals surface area contributed by atoms with Gasteiger partial charge in [0.25, 0.3) is 0 Å². The quantitative estimate of drug-likeness (QED) is 0.307. The molecular weight excluding hydrogens is 401 g/mol. The first-order chi connectivity index (χ1) is 13.8. The number of piperidine rings is 1. The second kappa shape index (κ2) is 11.5. The van der Waals surface area contributed by atoms with Crippen molar-refractivity contribution in [1.29, 1.82) is 0 Å². The van der Waals surface area contributed by atoms with Crippen molar-refractivity contribution in [3.05, 3.63) is 37.0 Å². The van der Waals surface area contributed by atoms with E-state index in [2.05, 4.69) is 13.2 Å². The highest BCUT2D eigenvalue weighted by atomic mass is 19.4. The summed E-state index contributed by atoms with van der Waals surface area (Å²) in [4.78, 5) is 15.1. The van der Waals surface area contributed by atoms with Gasteiger partial charge in [0.2, 0.25) is 0 Å². The van der Waals surface area contributed by atoms with E-state index in [0.717, 1.165) is 0 Å². The Morgan fingerprint density at radius 1 is 1.23 bits per heavy atom. The van der Waals surface area contributed by atoms with Crippen molar-refractivity contribution in [2.45, 2.75) is 45.0 Å². The minimum absolute atomic E-state index is 0.0415. The summed E-state index contributed by atoms with van der Waals surface area (Å²) < 4.78 is 56.2. The van der Waals surface area contributed by atoms with Crippen LogP contribution in [0.25, 0.3) is 0 Å². The van der Waals surface area contributed by atoms with Crippen LogP contribution in [0, 0.1) is 5.92 Å². The van der Waals surface area contributed by atoms with E-state index in [1.54, 1.807) is 39.0 Å². The Bertz CT molecular complexity index is 614.